The first-order valence-electron chi connectivity index (χ1n) is 8.77. The van der Waals surface area contributed by atoms with Gasteiger partial charge in [-0.2, -0.15) is 0 Å². The molecule has 0 radical (unpaired) electrons. The number of benzene rings is 2. The molecule has 0 aliphatic heterocycles. The lowest BCUT2D eigenvalue weighted by Crippen LogP contribution is -2.26. The van der Waals surface area contributed by atoms with E-state index in [-0.39, 0.29) is 11.9 Å². The summed E-state index contributed by atoms with van der Waals surface area (Å²) in [5.74, 6) is -0.520. The highest BCUT2D eigenvalue weighted by Crippen LogP contribution is 2.17. The second kappa shape index (κ2) is 8.81. The Morgan fingerprint density at radius 2 is 1.64 bits per heavy atom. The number of nitrogens with one attached hydrogen (secondary N) is 1. The van der Waals surface area contributed by atoms with E-state index in [2.05, 4.69) is 15.0 Å². The van der Waals surface area contributed by atoms with E-state index in [1.54, 1.807) is 54.5 Å². The zero-order valence-corrected chi connectivity index (χ0v) is 15.8. The molecule has 0 saturated carbocycles. The summed E-state index contributed by atoms with van der Waals surface area (Å²) in [5, 5.41) is 3.18. The molecule has 1 amide bonds. The number of aromatic nitrogens is 1. The van der Waals surface area contributed by atoms with Gasteiger partial charge in [0.05, 0.1) is 24.6 Å². The second-order valence-corrected chi connectivity index (χ2v) is 6.27. The number of nitrogens with zero attached hydrogens (tertiary/aromatic N) is 2. The molecule has 6 nitrogen and oxygen atoms in total. The minimum Gasteiger partial charge on any atom is -0.465 e. The Balaban J connectivity index is 1.62. The zero-order chi connectivity index (χ0) is 19.9. The lowest BCUT2D eigenvalue weighted by atomic mass is 10.2. The molecule has 1 aromatic heterocycles. The Kier molecular flexibility index (Phi) is 6.01. The van der Waals surface area contributed by atoms with Crippen LogP contribution in [0.15, 0.2) is 72.9 Å². The number of hydrogen-bond acceptors (Lipinski definition) is 5. The second-order valence-electron chi connectivity index (χ2n) is 6.27. The largest absolute Gasteiger partial charge is 0.465 e. The van der Waals surface area contributed by atoms with Crippen LogP contribution in [0.3, 0.4) is 0 Å². The van der Waals surface area contributed by atoms with Crippen LogP contribution in [0.5, 0.6) is 0 Å². The SMILES string of the molecule is COC(=O)c1ccc(Nc2ccc(C(=O)N(C)Cc3ccccc3)nc2)cc1. The van der Waals surface area contributed by atoms with E-state index >= 15 is 0 Å². The van der Waals surface area contributed by atoms with Crippen molar-refractivity contribution in [1.82, 2.24) is 9.88 Å². The van der Waals surface area contributed by atoms with Crippen LogP contribution in [0.2, 0.25) is 0 Å². The molecule has 0 spiro atoms. The number of pyridine rings is 1. The van der Waals surface area contributed by atoms with Gasteiger partial charge in [0.2, 0.25) is 0 Å². The summed E-state index contributed by atoms with van der Waals surface area (Å²) < 4.78 is 4.68. The number of hydrogen-bond donors (Lipinski definition) is 1. The Bertz CT molecular complexity index is 939. The Morgan fingerprint density at radius 3 is 2.25 bits per heavy atom. The first-order valence-corrected chi connectivity index (χ1v) is 8.77. The fourth-order valence-corrected chi connectivity index (χ4v) is 2.69. The van der Waals surface area contributed by atoms with Gasteiger partial charge in [-0.05, 0) is 42.0 Å². The topological polar surface area (TPSA) is 71.5 Å². The molecule has 3 aromatic rings. The Hall–Kier alpha value is -3.67. The first kappa shape index (κ1) is 19.1. The molecule has 0 aliphatic carbocycles. The molecule has 0 unspecified atom stereocenters. The van der Waals surface area contributed by atoms with E-state index in [4.69, 9.17) is 0 Å². The highest BCUT2D eigenvalue weighted by Gasteiger charge is 2.13. The average molecular weight is 375 g/mol. The molecule has 0 bridgehead atoms. The minimum atomic E-state index is -0.379. The highest BCUT2D eigenvalue weighted by molar-refractivity contribution is 5.92. The van der Waals surface area contributed by atoms with Gasteiger partial charge in [0, 0.05) is 19.3 Å². The lowest BCUT2D eigenvalue weighted by Gasteiger charge is -2.17. The molecule has 3 rings (SSSR count). The van der Waals surface area contributed by atoms with Crippen LogP contribution < -0.4 is 5.32 Å². The van der Waals surface area contributed by atoms with E-state index in [1.165, 1.54) is 7.11 Å². The van der Waals surface area contributed by atoms with Gasteiger partial charge in [0.15, 0.2) is 0 Å². The number of carbonyl (C=O) groups is 2. The van der Waals surface area contributed by atoms with Gasteiger partial charge < -0.3 is 15.0 Å². The Labute approximate surface area is 163 Å². The van der Waals surface area contributed by atoms with Gasteiger partial charge in [-0.15, -0.1) is 0 Å². The molecular weight excluding hydrogens is 354 g/mol. The number of esters is 1. The van der Waals surface area contributed by atoms with Gasteiger partial charge >= 0.3 is 5.97 Å². The maximum atomic E-state index is 12.5. The Morgan fingerprint density at radius 1 is 0.964 bits per heavy atom. The third-order valence-corrected chi connectivity index (χ3v) is 4.19. The monoisotopic (exact) mass is 375 g/mol. The van der Waals surface area contributed by atoms with Gasteiger partial charge in [0.25, 0.3) is 5.91 Å². The van der Waals surface area contributed by atoms with Gasteiger partial charge in [-0.25, -0.2) is 9.78 Å². The van der Waals surface area contributed by atoms with Gasteiger partial charge in [-0.1, -0.05) is 30.3 Å². The quantitative estimate of drug-likeness (QED) is 0.662. The van der Waals surface area contributed by atoms with Crippen LogP contribution in [0.1, 0.15) is 26.4 Å². The molecular formula is C22H21N3O3. The first-order chi connectivity index (χ1) is 13.6. The van der Waals surface area contributed by atoms with Crippen LogP contribution in [0.4, 0.5) is 11.4 Å². The molecule has 2 aromatic carbocycles. The summed E-state index contributed by atoms with van der Waals surface area (Å²) >= 11 is 0. The predicted octanol–water partition coefficient (Wildman–Crippen LogP) is 3.88. The van der Waals surface area contributed by atoms with E-state index < -0.39 is 0 Å². The van der Waals surface area contributed by atoms with E-state index in [0.29, 0.717) is 17.8 Å². The maximum Gasteiger partial charge on any atom is 0.337 e. The number of amides is 1. The fraction of sp³-hybridized carbons (Fsp3) is 0.136. The van der Waals surface area contributed by atoms with Crippen LogP contribution >= 0.6 is 0 Å². The van der Waals surface area contributed by atoms with Crippen molar-refractivity contribution >= 4 is 23.3 Å². The summed E-state index contributed by atoms with van der Waals surface area (Å²) in [6.07, 6.45) is 1.61. The third kappa shape index (κ3) is 4.73. The normalized spacial score (nSPS) is 10.2. The maximum absolute atomic E-state index is 12.5. The summed E-state index contributed by atoms with van der Waals surface area (Å²) in [4.78, 5) is 29.9. The van der Waals surface area contributed by atoms with Crippen LogP contribution in [0.25, 0.3) is 0 Å². The van der Waals surface area contributed by atoms with E-state index in [1.807, 2.05) is 30.3 Å². The number of rotatable bonds is 6. The molecule has 142 valence electrons. The van der Waals surface area contributed by atoms with E-state index in [0.717, 1.165) is 16.9 Å². The molecule has 0 aliphatic rings. The number of anilines is 2. The zero-order valence-electron chi connectivity index (χ0n) is 15.8. The van der Waals surface area contributed by atoms with Crippen molar-refractivity contribution in [2.75, 3.05) is 19.5 Å². The van der Waals surface area contributed by atoms with Crippen LogP contribution in [-0.2, 0) is 11.3 Å². The molecule has 1 N–H and O–H groups in total. The summed E-state index contributed by atoms with van der Waals surface area (Å²) in [7, 11) is 3.10. The van der Waals surface area contributed by atoms with Gasteiger partial charge in [-0.3, -0.25) is 4.79 Å². The summed E-state index contributed by atoms with van der Waals surface area (Å²) in [5.41, 5.74) is 3.47. The molecule has 0 saturated heterocycles. The molecule has 1 heterocycles. The van der Waals surface area contributed by atoms with Crippen LogP contribution in [0, 0.1) is 0 Å². The average Bonchev–Trinajstić information content (AvgIpc) is 2.74. The molecule has 0 atom stereocenters. The van der Waals surface area contributed by atoms with Crippen molar-refractivity contribution in [3.8, 4) is 0 Å². The predicted molar refractivity (Wildman–Crippen MR) is 108 cm³/mol. The summed E-state index contributed by atoms with van der Waals surface area (Å²) in [6, 6.07) is 20.2. The molecule has 0 fully saturated rings. The smallest absolute Gasteiger partial charge is 0.337 e. The van der Waals surface area contributed by atoms with Crippen molar-refractivity contribution in [2.45, 2.75) is 6.54 Å². The standard InChI is InChI=1S/C22H21N3O3/c1-25(15-16-6-4-3-5-7-16)21(26)20-13-12-19(14-23-20)24-18-10-8-17(9-11-18)22(27)28-2/h3-14,24H,15H2,1-2H3. The van der Waals surface area contributed by atoms with E-state index in [9.17, 15) is 9.59 Å². The molecule has 6 heteroatoms. The third-order valence-electron chi connectivity index (χ3n) is 4.19. The van der Waals surface area contributed by atoms with Crippen molar-refractivity contribution < 1.29 is 14.3 Å². The van der Waals surface area contributed by atoms with Crippen molar-refractivity contribution in [3.05, 3.63) is 89.7 Å². The number of carbonyl (C=O) groups excluding carboxylic acids is 2. The van der Waals surface area contributed by atoms with Crippen molar-refractivity contribution in [1.29, 1.82) is 0 Å². The minimum absolute atomic E-state index is 0.141. The van der Waals surface area contributed by atoms with Crippen molar-refractivity contribution in [2.24, 2.45) is 0 Å². The lowest BCUT2D eigenvalue weighted by molar-refractivity contribution is 0.0600. The highest BCUT2D eigenvalue weighted by atomic mass is 16.5. The van der Waals surface area contributed by atoms with Crippen LogP contribution in [-0.4, -0.2) is 35.9 Å². The van der Waals surface area contributed by atoms with Gasteiger partial charge in [0.1, 0.15) is 5.69 Å². The van der Waals surface area contributed by atoms with Crippen molar-refractivity contribution in [3.63, 3.8) is 0 Å². The number of ether oxygens (including phenoxy) is 1. The summed E-state index contributed by atoms with van der Waals surface area (Å²) in [6.45, 7) is 0.522. The molecule has 28 heavy (non-hydrogen) atoms. The fourth-order valence-electron chi connectivity index (χ4n) is 2.69. The number of methoxy groups -OCH3 is 1.